The monoisotopic (exact) mass is 613 g/mol. The zero-order valence-corrected chi connectivity index (χ0v) is 27.2. The molecule has 0 heterocycles. The topological polar surface area (TPSA) is 3.24 Å². The molecular weight excluding hydrogens is 579 g/mol. The summed E-state index contributed by atoms with van der Waals surface area (Å²) in [5.74, 6) is 0. The summed E-state index contributed by atoms with van der Waals surface area (Å²) in [6, 6.07) is 64.4. The fourth-order valence-corrected chi connectivity index (χ4v) is 7.81. The second kappa shape index (κ2) is 11.1. The first kappa shape index (κ1) is 28.3. The molecule has 1 nitrogen and oxygen atoms in total. The average Bonchev–Trinajstić information content (AvgIpc) is 3.38. The average molecular weight is 614 g/mol. The van der Waals surface area contributed by atoms with Gasteiger partial charge in [0.2, 0.25) is 0 Å². The van der Waals surface area contributed by atoms with Crippen molar-refractivity contribution in [3.05, 3.63) is 187 Å². The molecule has 0 aromatic heterocycles. The standard InChI is InChI=1S/C47H35N/c1-47(2)45-20-12-11-19-41(45)44-31-38(26-28-46(44)47)48(36-23-21-33(22-24-36)32-13-5-3-6-14-32)37-25-27-40-42(34-15-7-4-8-16-34)29-35-17-9-10-18-39(35)43(40)30-37/h3-31H,1-2H3. The van der Waals surface area contributed by atoms with Crippen molar-refractivity contribution in [1.29, 1.82) is 0 Å². The molecule has 8 aromatic carbocycles. The van der Waals surface area contributed by atoms with Crippen LogP contribution in [0.3, 0.4) is 0 Å². The van der Waals surface area contributed by atoms with Gasteiger partial charge in [-0.05, 0) is 109 Å². The Balaban J connectivity index is 1.27. The van der Waals surface area contributed by atoms with Gasteiger partial charge in [-0.25, -0.2) is 0 Å². The normalized spacial score (nSPS) is 13.0. The van der Waals surface area contributed by atoms with Gasteiger partial charge in [0.25, 0.3) is 0 Å². The van der Waals surface area contributed by atoms with Crippen LogP contribution >= 0.6 is 0 Å². The Kier molecular flexibility index (Phi) is 6.55. The highest BCUT2D eigenvalue weighted by Crippen LogP contribution is 2.51. The van der Waals surface area contributed by atoms with Crippen LogP contribution in [0.4, 0.5) is 17.1 Å². The molecule has 0 fully saturated rings. The summed E-state index contributed by atoms with van der Waals surface area (Å²) in [5.41, 5.74) is 13.7. The SMILES string of the molecule is CC1(C)c2ccccc2-c2cc(N(c3ccc(-c4ccccc4)cc3)c3ccc4c(-c5ccccc5)cc5ccccc5c4c3)ccc21. The van der Waals surface area contributed by atoms with Crippen LogP contribution in [0.5, 0.6) is 0 Å². The van der Waals surface area contributed by atoms with Crippen LogP contribution in [0.1, 0.15) is 25.0 Å². The van der Waals surface area contributed by atoms with Crippen LogP contribution in [-0.2, 0) is 5.41 Å². The molecule has 0 saturated heterocycles. The van der Waals surface area contributed by atoms with E-state index < -0.39 is 0 Å². The maximum absolute atomic E-state index is 2.42. The minimum absolute atomic E-state index is 0.0394. The molecule has 1 heteroatoms. The van der Waals surface area contributed by atoms with Gasteiger partial charge in [0.15, 0.2) is 0 Å². The van der Waals surface area contributed by atoms with E-state index in [-0.39, 0.29) is 5.41 Å². The third-order valence-corrected chi connectivity index (χ3v) is 10.2. The van der Waals surface area contributed by atoms with Crippen LogP contribution in [0, 0.1) is 0 Å². The molecule has 9 rings (SSSR count). The van der Waals surface area contributed by atoms with Gasteiger partial charge in [0, 0.05) is 22.5 Å². The Hall–Kier alpha value is -5.92. The van der Waals surface area contributed by atoms with E-state index in [1.54, 1.807) is 0 Å². The molecule has 0 saturated carbocycles. The Morgan fingerprint density at radius 1 is 0.354 bits per heavy atom. The van der Waals surface area contributed by atoms with Crippen LogP contribution in [0.2, 0.25) is 0 Å². The van der Waals surface area contributed by atoms with Crippen molar-refractivity contribution in [2.75, 3.05) is 4.90 Å². The minimum atomic E-state index is -0.0394. The predicted molar refractivity (Wildman–Crippen MR) is 205 cm³/mol. The fourth-order valence-electron chi connectivity index (χ4n) is 7.81. The number of rotatable bonds is 5. The van der Waals surface area contributed by atoms with E-state index in [0.717, 1.165) is 17.1 Å². The fraction of sp³-hybridized carbons (Fsp3) is 0.0638. The van der Waals surface area contributed by atoms with E-state index in [9.17, 15) is 0 Å². The second-order valence-corrected chi connectivity index (χ2v) is 13.4. The molecule has 0 radical (unpaired) electrons. The van der Waals surface area contributed by atoms with E-state index in [2.05, 4.69) is 195 Å². The van der Waals surface area contributed by atoms with Crippen molar-refractivity contribution in [2.45, 2.75) is 19.3 Å². The largest absolute Gasteiger partial charge is 0.310 e. The predicted octanol–water partition coefficient (Wildman–Crippen LogP) is 13.1. The molecule has 1 aliphatic carbocycles. The van der Waals surface area contributed by atoms with Crippen LogP contribution in [-0.4, -0.2) is 0 Å². The number of anilines is 3. The number of fused-ring (bicyclic) bond motifs is 6. The van der Waals surface area contributed by atoms with Crippen LogP contribution < -0.4 is 4.90 Å². The summed E-state index contributed by atoms with van der Waals surface area (Å²) in [6.45, 7) is 4.69. The van der Waals surface area contributed by atoms with Crippen LogP contribution in [0.15, 0.2) is 176 Å². The van der Waals surface area contributed by atoms with Gasteiger partial charge in [0.1, 0.15) is 0 Å². The van der Waals surface area contributed by atoms with E-state index in [1.807, 2.05) is 0 Å². The molecule has 0 spiro atoms. The van der Waals surface area contributed by atoms with Crippen molar-refractivity contribution in [3.8, 4) is 33.4 Å². The first-order valence-electron chi connectivity index (χ1n) is 16.8. The summed E-state index contributed by atoms with van der Waals surface area (Å²) in [4.78, 5) is 2.42. The molecule has 0 bridgehead atoms. The number of benzene rings is 8. The zero-order chi connectivity index (χ0) is 32.2. The maximum atomic E-state index is 2.42. The highest BCUT2D eigenvalue weighted by atomic mass is 15.1. The van der Waals surface area contributed by atoms with Gasteiger partial charge in [0.05, 0.1) is 0 Å². The lowest BCUT2D eigenvalue weighted by Gasteiger charge is -2.28. The lowest BCUT2D eigenvalue weighted by Crippen LogP contribution is -2.15. The molecule has 228 valence electrons. The smallest absolute Gasteiger partial charge is 0.0468 e. The summed E-state index contributed by atoms with van der Waals surface area (Å²) in [6.07, 6.45) is 0. The summed E-state index contributed by atoms with van der Waals surface area (Å²) < 4.78 is 0. The minimum Gasteiger partial charge on any atom is -0.310 e. The van der Waals surface area contributed by atoms with E-state index in [4.69, 9.17) is 0 Å². The summed E-state index contributed by atoms with van der Waals surface area (Å²) in [7, 11) is 0. The molecule has 0 unspecified atom stereocenters. The first-order chi connectivity index (χ1) is 23.6. The van der Waals surface area contributed by atoms with Gasteiger partial charge in [-0.1, -0.05) is 147 Å². The Morgan fingerprint density at radius 2 is 0.938 bits per heavy atom. The van der Waals surface area contributed by atoms with Crippen LogP contribution in [0.25, 0.3) is 54.9 Å². The molecule has 0 atom stereocenters. The lowest BCUT2D eigenvalue weighted by atomic mass is 9.82. The van der Waals surface area contributed by atoms with Crippen molar-refractivity contribution in [1.82, 2.24) is 0 Å². The molecule has 0 N–H and O–H groups in total. The number of hydrogen-bond donors (Lipinski definition) is 0. The molecule has 0 aliphatic heterocycles. The highest BCUT2D eigenvalue weighted by molar-refractivity contribution is 6.15. The van der Waals surface area contributed by atoms with Crippen molar-refractivity contribution < 1.29 is 0 Å². The number of hydrogen-bond acceptors (Lipinski definition) is 1. The van der Waals surface area contributed by atoms with Crippen molar-refractivity contribution in [3.63, 3.8) is 0 Å². The Bertz CT molecular complexity index is 2460. The van der Waals surface area contributed by atoms with E-state index in [0.29, 0.717) is 0 Å². The highest BCUT2D eigenvalue weighted by Gasteiger charge is 2.35. The second-order valence-electron chi connectivity index (χ2n) is 13.4. The van der Waals surface area contributed by atoms with Gasteiger partial charge in [-0.15, -0.1) is 0 Å². The molecule has 0 amide bonds. The number of nitrogens with zero attached hydrogens (tertiary/aromatic N) is 1. The lowest BCUT2D eigenvalue weighted by molar-refractivity contribution is 0.660. The molecule has 8 aromatic rings. The van der Waals surface area contributed by atoms with E-state index in [1.165, 1.54) is 66.1 Å². The zero-order valence-electron chi connectivity index (χ0n) is 27.2. The van der Waals surface area contributed by atoms with Crippen molar-refractivity contribution >= 4 is 38.6 Å². The summed E-state index contributed by atoms with van der Waals surface area (Å²) in [5, 5.41) is 5.02. The van der Waals surface area contributed by atoms with Gasteiger partial charge in [-0.3, -0.25) is 0 Å². The Labute approximate surface area is 282 Å². The molecular formula is C47H35N. The third kappa shape index (κ3) is 4.54. The summed E-state index contributed by atoms with van der Waals surface area (Å²) >= 11 is 0. The molecule has 1 aliphatic rings. The van der Waals surface area contributed by atoms with Gasteiger partial charge >= 0.3 is 0 Å². The Morgan fingerprint density at radius 3 is 1.73 bits per heavy atom. The maximum Gasteiger partial charge on any atom is 0.0468 e. The van der Waals surface area contributed by atoms with Gasteiger partial charge in [-0.2, -0.15) is 0 Å². The third-order valence-electron chi connectivity index (χ3n) is 10.2. The first-order valence-corrected chi connectivity index (χ1v) is 16.8. The quantitative estimate of drug-likeness (QED) is 0.175. The van der Waals surface area contributed by atoms with E-state index >= 15 is 0 Å². The van der Waals surface area contributed by atoms with Gasteiger partial charge < -0.3 is 4.90 Å². The van der Waals surface area contributed by atoms with Crippen molar-refractivity contribution in [2.24, 2.45) is 0 Å². The molecule has 48 heavy (non-hydrogen) atoms.